The molecule has 0 bridgehead atoms. The SMILES string of the molecule is C[C@@H]1[C@H](C)CCC[C@H]1NC(=O)[C@H](C)Sc1nc2ccccc2n1CCC#N. The summed E-state index contributed by atoms with van der Waals surface area (Å²) in [6.45, 7) is 7.04. The molecule has 2 aromatic rings. The Hall–Kier alpha value is -2.00. The van der Waals surface area contributed by atoms with Crippen molar-refractivity contribution in [3.63, 3.8) is 0 Å². The summed E-state index contributed by atoms with van der Waals surface area (Å²) in [7, 11) is 0. The van der Waals surface area contributed by atoms with Crippen LogP contribution in [0.5, 0.6) is 0 Å². The number of nitrogens with zero attached hydrogens (tertiary/aromatic N) is 3. The molecule has 0 spiro atoms. The van der Waals surface area contributed by atoms with E-state index in [0.717, 1.165) is 22.6 Å². The van der Waals surface area contributed by atoms with E-state index in [4.69, 9.17) is 10.2 Å². The van der Waals surface area contributed by atoms with Gasteiger partial charge in [-0.1, -0.05) is 50.6 Å². The maximum absolute atomic E-state index is 12.8. The van der Waals surface area contributed by atoms with Gasteiger partial charge in [0.1, 0.15) is 0 Å². The van der Waals surface area contributed by atoms with Crippen LogP contribution in [0, 0.1) is 23.2 Å². The first-order chi connectivity index (χ1) is 13.0. The Morgan fingerprint density at radius 1 is 1.41 bits per heavy atom. The number of para-hydroxylation sites is 2. The molecule has 27 heavy (non-hydrogen) atoms. The molecule has 144 valence electrons. The van der Waals surface area contributed by atoms with Crippen molar-refractivity contribution in [1.29, 1.82) is 5.26 Å². The van der Waals surface area contributed by atoms with Crippen molar-refractivity contribution in [2.24, 2.45) is 11.8 Å². The van der Waals surface area contributed by atoms with Gasteiger partial charge in [0, 0.05) is 12.6 Å². The molecule has 1 aromatic heterocycles. The Bertz CT molecular complexity index is 840. The first-order valence-electron chi connectivity index (χ1n) is 9.80. The number of carbonyl (C=O) groups is 1. The number of nitriles is 1. The van der Waals surface area contributed by atoms with Crippen molar-refractivity contribution in [2.75, 3.05) is 0 Å². The maximum atomic E-state index is 12.8. The van der Waals surface area contributed by atoms with Crippen molar-refractivity contribution >= 4 is 28.7 Å². The molecule has 1 aromatic carbocycles. The molecule has 1 amide bonds. The fourth-order valence-corrected chi connectivity index (χ4v) is 4.78. The standard InChI is InChI=1S/C21H28N4OS/c1-14-8-6-10-17(15(14)2)23-20(26)16(3)27-21-24-18-9-4-5-11-19(18)25(21)13-7-12-22/h4-5,9,11,14-17H,6-8,10,13H2,1-3H3,(H,23,26)/t14-,15-,16+,17-/m1/s1. The van der Waals surface area contributed by atoms with Crippen LogP contribution in [0.1, 0.15) is 46.5 Å². The van der Waals surface area contributed by atoms with Crippen LogP contribution in [0.25, 0.3) is 11.0 Å². The molecule has 1 aliphatic rings. The summed E-state index contributed by atoms with van der Waals surface area (Å²) in [6, 6.07) is 10.4. The first-order valence-corrected chi connectivity index (χ1v) is 10.7. The zero-order chi connectivity index (χ0) is 19.4. The summed E-state index contributed by atoms with van der Waals surface area (Å²) >= 11 is 1.48. The van der Waals surface area contributed by atoms with Crippen LogP contribution >= 0.6 is 11.8 Å². The maximum Gasteiger partial charge on any atom is 0.233 e. The molecular formula is C21H28N4OS. The van der Waals surface area contributed by atoms with E-state index < -0.39 is 0 Å². The second kappa shape index (κ2) is 8.79. The van der Waals surface area contributed by atoms with Crippen LogP contribution in [0.2, 0.25) is 0 Å². The highest BCUT2D eigenvalue weighted by molar-refractivity contribution is 8.00. The lowest BCUT2D eigenvalue weighted by Crippen LogP contribution is -2.46. The third kappa shape index (κ3) is 4.47. The molecule has 1 fully saturated rings. The topological polar surface area (TPSA) is 70.7 Å². The van der Waals surface area contributed by atoms with Crippen molar-refractivity contribution in [2.45, 2.75) is 69.4 Å². The highest BCUT2D eigenvalue weighted by Gasteiger charge is 2.30. The number of benzene rings is 1. The zero-order valence-corrected chi connectivity index (χ0v) is 17.1. The molecule has 0 saturated heterocycles. The summed E-state index contributed by atoms with van der Waals surface area (Å²) in [6.07, 6.45) is 3.92. The van der Waals surface area contributed by atoms with Crippen molar-refractivity contribution in [3.8, 4) is 6.07 Å². The molecule has 0 unspecified atom stereocenters. The fourth-order valence-electron chi connectivity index (χ4n) is 3.82. The molecule has 0 radical (unpaired) electrons. The van der Waals surface area contributed by atoms with Crippen LogP contribution in [0.15, 0.2) is 29.4 Å². The van der Waals surface area contributed by atoms with Gasteiger partial charge in [0.2, 0.25) is 5.91 Å². The van der Waals surface area contributed by atoms with E-state index in [0.29, 0.717) is 24.8 Å². The predicted octanol–water partition coefficient (Wildman–Crippen LogP) is 4.37. The Morgan fingerprint density at radius 3 is 2.96 bits per heavy atom. The minimum Gasteiger partial charge on any atom is -0.352 e. The Labute approximate surface area is 165 Å². The second-order valence-corrected chi connectivity index (χ2v) is 8.89. The van der Waals surface area contributed by atoms with Gasteiger partial charge in [-0.05, 0) is 37.3 Å². The summed E-state index contributed by atoms with van der Waals surface area (Å²) in [4.78, 5) is 17.5. The fraction of sp³-hybridized carbons (Fsp3) is 0.571. The van der Waals surface area contributed by atoms with Gasteiger partial charge in [0.05, 0.1) is 28.8 Å². The second-order valence-electron chi connectivity index (χ2n) is 7.59. The number of hydrogen-bond donors (Lipinski definition) is 1. The minimum atomic E-state index is -0.230. The molecule has 0 aliphatic heterocycles. The zero-order valence-electron chi connectivity index (χ0n) is 16.3. The summed E-state index contributed by atoms with van der Waals surface area (Å²) in [5, 5.41) is 12.8. The Kier molecular flexibility index (Phi) is 6.43. The summed E-state index contributed by atoms with van der Waals surface area (Å²) < 4.78 is 2.05. The number of aryl methyl sites for hydroxylation is 1. The normalized spacial score (nSPS) is 23.7. The van der Waals surface area contributed by atoms with Crippen molar-refractivity contribution in [3.05, 3.63) is 24.3 Å². The highest BCUT2D eigenvalue weighted by Crippen LogP contribution is 2.31. The van der Waals surface area contributed by atoms with E-state index in [2.05, 4.69) is 29.8 Å². The molecule has 1 heterocycles. The van der Waals surface area contributed by atoms with Gasteiger partial charge in [-0.3, -0.25) is 4.79 Å². The number of fused-ring (bicyclic) bond motifs is 1. The van der Waals surface area contributed by atoms with E-state index in [9.17, 15) is 4.79 Å². The largest absolute Gasteiger partial charge is 0.352 e. The molecule has 1 saturated carbocycles. The first kappa shape index (κ1) is 19.8. The molecule has 1 N–H and O–H groups in total. The van der Waals surface area contributed by atoms with E-state index in [-0.39, 0.29) is 17.2 Å². The van der Waals surface area contributed by atoms with E-state index >= 15 is 0 Å². The van der Waals surface area contributed by atoms with Crippen LogP contribution in [-0.2, 0) is 11.3 Å². The number of hydrogen-bond acceptors (Lipinski definition) is 4. The number of carbonyl (C=O) groups excluding carboxylic acids is 1. The van der Waals surface area contributed by atoms with Gasteiger partial charge in [-0.25, -0.2) is 4.98 Å². The minimum absolute atomic E-state index is 0.0739. The Morgan fingerprint density at radius 2 is 2.19 bits per heavy atom. The number of amides is 1. The third-order valence-electron chi connectivity index (χ3n) is 5.75. The van der Waals surface area contributed by atoms with Gasteiger partial charge in [-0.15, -0.1) is 0 Å². The predicted molar refractivity (Wildman–Crippen MR) is 109 cm³/mol. The van der Waals surface area contributed by atoms with Crippen molar-refractivity contribution < 1.29 is 4.79 Å². The average molecular weight is 385 g/mol. The molecule has 1 aliphatic carbocycles. The van der Waals surface area contributed by atoms with Gasteiger partial charge in [0.25, 0.3) is 0 Å². The number of rotatable bonds is 6. The molecule has 3 rings (SSSR count). The third-order valence-corrected chi connectivity index (χ3v) is 6.84. The van der Waals surface area contributed by atoms with Gasteiger partial charge in [0.15, 0.2) is 5.16 Å². The molecule has 6 heteroatoms. The van der Waals surface area contributed by atoms with Gasteiger partial charge in [-0.2, -0.15) is 5.26 Å². The Balaban J connectivity index is 1.72. The van der Waals surface area contributed by atoms with E-state index in [1.165, 1.54) is 24.6 Å². The molecule has 5 nitrogen and oxygen atoms in total. The molecular weight excluding hydrogens is 356 g/mol. The lowest BCUT2D eigenvalue weighted by Gasteiger charge is -2.35. The lowest BCUT2D eigenvalue weighted by atomic mass is 9.78. The lowest BCUT2D eigenvalue weighted by molar-refractivity contribution is -0.121. The number of imidazole rings is 1. The summed E-state index contributed by atoms with van der Waals surface area (Å²) in [5.74, 6) is 1.24. The monoisotopic (exact) mass is 384 g/mol. The van der Waals surface area contributed by atoms with Crippen LogP contribution in [0.3, 0.4) is 0 Å². The molecule has 4 atom stereocenters. The smallest absolute Gasteiger partial charge is 0.233 e. The van der Waals surface area contributed by atoms with Crippen LogP contribution in [0.4, 0.5) is 0 Å². The summed E-state index contributed by atoms with van der Waals surface area (Å²) in [5.41, 5.74) is 1.91. The number of thioether (sulfide) groups is 1. The van der Waals surface area contributed by atoms with Crippen LogP contribution < -0.4 is 5.32 Å². The van der Waals surface area contributed by atoms with Gasteiger partial charge >= 0.3 is 0 Å². The van der Waals surface area contributed by atoms with E-state index in [1.807, 2.05) is 31.2 Å². The number of aromatic nitrogens is 2. The van der Waals surface area contributed by atoms with Gasteiger partial charge < -0.3 is 9.88 Å². The quantitative estimate of drug-likeness (QED) is 0.751. The average Bonchev–Trinajstić information content (AvgIpc) is 3.00. The van der Waals surface area contributed by atoms with Crippen LogP contribution in [-0.4, -0.2) is 26.8 Å². The van der Waals surface area contributed by atoms with Crippen molar-refractivity contribution in [1.82, 2.24) is 14.9 Å². The van der Waals surface area contributed by atoms with E-state index in [1.54, 1.807) is 0 Å². The highest BCUT2D eigenvalue weighted by atomic mass is 32.2. The number of nitrogens with one attached hydrogen (secondary N) is 1.